The highest BCUT2D eigenvalue weighted by Crippen LogP contribution is 2.10. The summed E-state index contributed by atoms with van der Waals surface area (Å²) in [5.74, 6) is 0.235. The van der Waals surface area contributed by atoms with Gasteiger partial charge < -0.3 is 10.6 Å². The van der Waals surface area contributed by atoms with Gasteiger partial charge in [0.05, 0.1) is 13.6 Å². The van der Waals surface area contributed by atoms with Gasteiger partial charge >= 0.3 is 0 Å². The van der Waals surface area contributed by atoms with Crippen molar-refractivity contribution in [2.24, 2.45) is 0 Å². The van der Waals surface area contributed by atoms with Crippen LogP contribution < -0.4 is 10.6 Å². The Balaban J connectivity index is 3.10. The molecule has 0 aliphatic heterocycles. The average molecular weight is 271 g/mol. The van der Waals surface area contributed by atoms with Crippen LogP contribution in [0, 0.1) is 0 Å². The maximum absolute atomic E-state index is 11.5. The molecule has 0 aliphatic carbocycles. The smallest absolute Gasteiger partial charge is 0.219 e. The van der Waals surface area contributed by atoms with Crippen molar-refractivity contribution in [2.45, 2.75) is 77.6 Å². The van der Waals surface area contributed by atoms with E-state index in [-0.39, 0.29) is 5.91 Å². The van der Waals surface area contributed by atoms with Crippen LogP contribution >= 0.6 is 0 Å². The second-order valence-corrected chi connectivity index (χ2v) is 5.48. The van der Waals surface area contributed by atoms with Crippen LogP contribution in [0.1, 0.15) is 77.6 Å². The molecule has 1 amide bonds. The molecular formula is C16H35N2O+. The lowest BCUT2D eigenvalue weighted by Crippen LogP contribution is -2.79. The van der Waals surface area contributed by atoms with Crippen LogP contribution in [0.15, 0.2) is 0 Å². The van der Waals surface area contributed by atoms with Gasteiger partial charge in [0, 0.05) is 19.4 Å². The molecule has 0 heterocycles. The molecule has 0 aromatic carbocycles. The van der Waals surface area contributed by atoms with Crippen molar-refractivity contribution in [3.63, 3.8) is 0 Å². The lowest BCUT2D eigenvalue weighted by atomic mass is 10.1. The minimum absolute atomic E-state index is 0.235. The summed E-state index contributed by atoms with van der Waals surface area (Å²) in [6.45, 7) is 4.18. The molecule has 0 saturated carbocycles. The van der Waals surface area contributed by atoms with Crippen molar-refractivity contribution in [3.8, 4) is 0 Å². The van der Waals surface area contributed by atoms with E-state index in [9.17, 15) is 4.79 Å². The first kappa shape index (κ1) is 18.4. The van der Waals surface area contributed by atoms with Crippen LogP contribution in [-0.4, -0.2) is 26.0 Å². The molecule has 0 spiro atoms. The van der Waals surface area contributed by atoms with Crippen LogP contribution in [-0.2, 0) is 4.79 Å². The number of hydrogen-bond donors (Lipinski definition) is 2. The zero-order valence-electron chi connectivity index (χ0n) is 13.2. The second-order valence-electron chi connectivity index (χ2n) is 5.48. The Bertz CT molecular complexity index is 195. The highest BCUT2D eigenvalue weighted by Gasteiger charge is 2.00. The van der Waals surface area contributed by atoms with Crippen molar-refractivity contribution in [1.82, 2.24) is 5.32 Å². The van der Waals surface area contributed by atoms with Gasteiger partial charge in [0.15, 0.2) is 0 Å². The number of unbranched alkanes of at least 4 members (excludes halogenated alkanes) is 8. The van der Waals surface area contributed by atoms with Gasteiger partial charge in [-0.05, 0) is 6.42 Å². The van der Waals surface area contributed by atoms with E-state index in [1.54, 1.807) is 0 Å². The Kier molecular flexibility index (Phi) is 15.0. The van der Waals surface area contributed by atoms with Gasteiger partial charge in [-0.1, -0.05) is 58.3 Å². The van der Waals surface area contributed by atoms with E-state index in [0.29, 0.717) is 6.42 Å². The molecule has 0 saturated heterocycles. The molecule has 0 rings (SSSR count). The number of amides is 1. The van der Waals surface area contributed by atoms with E-state index >= 15 is 0 Å². The third-order valence-corrected chi connectivity index (χ3v) is 3.50. The Hall–Kier alpha value is -0.570. The fourth-order valence-corrected chi connectivity index (χ4v) is 2.22. The summed E-state index contributed by atoms with van der Waals surface area (Å²) >= 11 is 0. The second kappa shape index (κ2) is 15.5. The molecule has 0 bridgehead atoms. The minimum atomic E-state index is 0.235. The van der Waals surface area contributed by atoms with Crippen LogP contribution in [0.2, 0.25) is 0 Å². The summed E-state index contributed by atoms with van der Waals surface area (Å²) < 4.78 is 0. The summed E-state index contributed by atoms with van der Waals surface area (Å²) in [6.07, 6.45) is 13.6. The summed E-state index contributed by atoms with van der Waals surface area (Å²) in [6, 6.07) is 0. The van der Waals surface area contributed by atoms with Gasteiger partial charge in [0.1, 0.15) is 0 Å². The van der Waals surface area contributed by atoms with Crippen LogP contribution in [0.25, 0.3) is 0 Å². The fraction of sp³-hybridized carbons (Fsp3) is 0.938. The topological polar surface area (TPSA) is 45.7 Å². The monoisotopic (exact) mass is 271 g/mol. The van der Waals surface area contributed by atoms with E-state index in [1.807, 2.05) is 0 Å². The third-order valence-electron chi connectivity index (χ3n) is 3.50. The quantitative estimate of drug-likeness (QED) is 0.469. The van der Waals surface area contributed by atoms with E-state index in [0.717, 1.165) is 25.9 Å². The van der Waals surface area contributed by atoms with E-state index in [4.69, 9.17) is 0 Å². The van der Waals surface area contributed by atoms with Gasteiger partial charge in [0.2, 0.25) is 5.91 Å². The largest absolute Gasteiger partial charge is 0.356 e. The summed E-state index contributed by atoms with van der Waals surface area (Å²) in [5, 5.41) is 5.13. The van der Waals surface area contributed by atoms with Crippen molar-refractivity contribution in [3.05, 3.63) is 0 Å². The number of hydrogen-bond acceptors (Lipinski definition) is 1. The molecule has 114 valence electrons. The summed E-state index contributed by atoms with van der Waals surface area (Å²) in [4.78, 5) is 11.5. The molecular weight excluding hydrogens is 236 g/mol. The fourth-order valence-electron chi connectivity index (χ4n) is 2.22. The highest BCUT2D eigenvalue weighted by atomic mass is 16.1. The first-order valence-electron chi connectivity index (χ1n) is 8.35. The normalized spacial score (nSPS) is 10.6. The molecule has 0 aliphatic rings. The summed E-state index contributed by atoms with van der Waals surface area (Å²) in [5.41, 5.74) is 0. The molecule has 3 nitrogen and oxygen atoms in total. The molecule has 19 heavy (non-hydrogen) atoms. The van der Waals surface area contributed by atoms with Crippen LogP contribution in [0.5, 0.6) is 0 Å². The maximum atomic E-state index is 11.5. The van der Waals surface area contributed by atoms with Crippen molar-refractivity contribution < 1.29 is 10.1 Å². The minimum Gasteiger partial charge on any atom is -0.356 e. The highest BCUT2D eigenvalue weighted by molar-refractivity contribution is 5.75. The maximum Gasteiger partial charge on any atom is 0.219 e. The Morgan fingerprint density at radius 1 is 0.895 bits per heavy atom. The van der Waals surface area contributed by atoms with Gasteiger partial charge in [-0.15, -0.1) is 0 Å². The molecule has 0 aromatic heterocycles. The third kappa shape index (κ3) is 15.4. The zero-order valence-corrected chi connectivity index (χ0v) is 13.2. The van der Waals surface area contributed by atoms with E-state index < -0.39 is 0 Å². The van der Waals surface area contributed by atoms with E-state index in [2.05, 4.69) is 24.6 Å². The lowest BCUT2D eigenvalue weighted by Gasteiger charge is -2.04. The number of nitrogens with one attached hydrogen (secondary N) is 1. The average Bonchev–Trinajstić information content (AvgIpc) is 2.42. The number of carbonyl (C=O) groups excluding carboxylic acids is 1. The van der Waals surface area contributed by atoms with Crippen LogP contribution in [0.3, 0.4) is 0 Å². The summed E-state index contributed by atoms with van der Waals surface area (Å²) in [7, 11) is 2.06. The number of quaternary nitrogens is 1. The predicted octanol–water partition coefficient (Wildman–Crippen LogP) is 2.61. The molecule has 0 fully saturated rings. The Labute approximate surface area is 119 Å². The van der Waals surface area contributed by atoms with Gasteiger partial charge in [0.25, 0.3) is 0 Å². The van der Waals surface area contributed by atoms with Gasteiger partial charge in [-0.25, -0.2) is 0 Å². The molecule has 3 heteroatoms. The molecule has 0 radical (unpaired) electrons. The standard InChI is InChI=1S/C16H34N2O/c1-3-4-5-6-7-8-9-10-11-13-16(19)18-15-12-14-17-2/h17H,3-15H2,1-2H3,(H,18,19)/p+1. The first-order chi connectivity index (χ1) is 9.31. The number of carbonyl (C=O) groups is 1. The molecule has 3 N–H and O–H groups in total. The van der Waals surface area contributed by atoms with Crippen molar-refractivity contribution in [2.75, 3.05) is 20.1 Å². The Morgan fingerprint density at radius 2 is 1.47 bits per heavy atom. The lowest BCUT2D eigenvalue weighted by molar-refractivity contribution is -0.626. The van der Waals surface area contributed by atoms with E-state index in [1.165, 1.54) is 51.4 Å². The predicted molar refractivity (Wildman–Crippen MR) is 82.2 cm³/mol. The molecule has 0 unspecified atom stereocenters. The molecule has 0 atom stereocenters. The first-order valence-corrected chi connectivity index (χ1v) is 8.35. The van der Waals surface area contributed by atoms with Gasteiger partial charge in [-0.2, -0.15) is 0 Å². The SMILES string of the molecule is CCCCCCCCCCCC(=O)NCCC[NH2+]C. The molecule has 0 aromatic rings. The number of nitrogens with two attached hydrogens (primary N) is 1. The Morgan fingerprint density at radius 3 is 2.05 bits per heavy atom. The van der Waals surface area contributed by atoms with Crippen molar-refractivity contribution >= 4 is 5.91 Å². The zero-order chi connectivity index (χ0) is 14.2. The van der Waals surface area contributed by atoms with Crippen LogP contribution in [0.4, 0.5) is 0 Å². The van der Waals surface area contributed by atoms with Crippen molar-refractivity contribution in [1.29, 1.82) is 0 Å². The van der Waals surface area contributed by atoms with Gasteiger partial charge in [-0.3, -0.25) is 4.79 Å². The number of rotatable bonds is 14.